The van der Waals surface area contributed by atoms with Gasteiger partial charge in [-0.2, -0.15) is 0 Å². The maximum atomic E-state index is 12.5. The molecular weight excluding hydrogens is 835 g/mol. The van der Waals surface area contributed by atoms with Gasteiger partial charge in [0.1, 0.15) is 30.3 Å². The summed E-state index contributed by atoms with van der Waals surface area (Å²) in [5.41, 5.74) is 4.64. The Morgan fingerprint density at radius 2 is 1.13 bits per heavy atom. The van der Waals surface area contributed by atoms with Gasteiger partial charge in [0.2, 0.25) is 0 Å². The molecule has 4 aromatic rings. The summed E-state index contributed by atoms with van der Waals surface area (Å²) in [4.78, 5) is 29.4. The predicted octanol–water partition coefficient (Wildman–Crippen LogP) is 10.0. The van der Waals surface area contributed by atoms with Gasteiger partial charge in [-0.25, -0.2) is 4.79 Å². The van der Waals surface area contributed by atoms with E-state index >= 15 is 0 Å². The summed E-state index contributed by atoms with van der Waals surface area (Å²) in [7, 11) is 0. The molecule has 0 bridgehead atoms. The fraction of sp³-hybridized carbons (Fsp3) is 0.490. The number of nitrogens with zero attached hydrogens (tertiary/aromatic N) is 3. The maximum Gasteiger partial charge on any atom is 0.410 e. The molecule has 8 rings (SSSR count). The van der Waals surface area contributed by atoms with E-state index in [9.17, 15) is 9.59 Å². The molecule has 12 heteroatoms. The number of hydrogen-bond acceptors (Lipinski definition) is 9. The number of carbonyl (C=O) groups is 2. The van der Waals surface area contributed by atoms with Crippen molar-refractivity contribution in [2.75, 3.05) is 46.0 Å². The Labute approximate surface area is 385 Å². The number of amides is 1. The van der Waals surface area contributed by atoms with Gasteiger partial charge in [-0.05, 0) is 127 Å². The van der Waals surface area contributed by atoms with Crippen LogP contribution in [-0.4, -0.2) is 103 Å². The van der Waals surface area contributed by atoms with Crippen LogP contribution in [0.2, 0.25) is 10.0 Å². The first kappa shape index (κ1) is 48.1. The third kappa shape index (κ3) is 14.9. The molecule has 4 aliphatic rings. The Morgan fingerprint density at radius 1 is 0.683 bits per heavy atom. The molecule has 0 saturated carbocycles. The molecule has 2 saturated heterocycles. The van der Waals surface area contributed by atoms with Crippen LogP contribution in [0.5, 0.6) is 11.5 Å². The van der Waals surface area contributed by atoms with Gasteiger partial charge in [0.25, 0.3) is 0 Å². The second-order valence-electron chi connectivity index (χ2n) is 17.8. The van der Waals surface area contributed by atoms with Crippen LogP contribution < -0.4 is 14.8 Å². The number of piperidine rings is 2. The molecule has 4 heterocycles. The van der Waals surface area contributed by atoms with Crippen LogP contribution in [0.15, 0.2) is 97.1 Å². The lowest BCUT2D eigenvalue weighted by atomic mass is 9.97. The fourth-order valence-electron chi connectivity index (χ4n) is 8.81. The van der Waals surface area contributed by atoms with Crippen molar-refractivity contribution >= 4 is 35.3 Å². The maximum absolute atomic E-state index is 12.5. The third-order valence-corrected chi connectivity index (χ3v) is 12.4. The summed E-state index contributed by atoms with van der Waals surface area (Å²) in [5.74, 6) is 1.81. The number of esters is 1. The van der Waals surface area contributed by atoms with Crippen molar-refractivity contribution < 1.29 is 28.5 Å². The Balaban J connectivity index is 0.000000190. The highest BCUT2D eigenvalue weighted by molar-refractivity contribution is 6.30. The zero-order valence-electron chi connectivity index (χ0n) is 37.7. The number of ether oxygens (including phenoxy) is 4. The number of likely N-dealkylation sites (tertiary alicyclic amines) is 1. The van der Waals surface area contributed by atoms with E-state index < -0.39 is 5.60 Å². The highest BCUT2D eigenvalue weighted by Crippen LogP contribution is 2.32. The van der Waals surface area contributed by atoms with Gasteiger partial charge in [0.05, 0.1) is 6.61 Å². The van der Waals surface area contributed by atoms with E-state index in [0.29, 0.717) is 44.4 Å². The van der Waals surface area contributed by atoms with Crippen molar-refractivity contribution in [3.63, 3.8) is 0 Å². The number of nitrogens with one attached hydrogen (secondary N) is 1. The molecule has 0 unspecified atom stereocenters. The van der Waals surface area contributed by atoms with Gasteiger partial charge in [-0.15, -0.1) is 0 Å². The smallest absolute Gasteiger partial charge is 0.410 e. The van der Waals surface area contributed by atoms with Crippen molar-refractivity contribution in [2.45, 2.75) is 116 Å². The molecule has 0 radical (unpaired) electrons. The molecule has 2 fully saturated rings. The fourth-order valence-corrected chi connectivity index (χ4v) is 9.06. The summed E-state index contributed by atoms with van der Waals surface area (Å²) in [6, 6.07) is 34.8. The minimum absolute atomic E-state index is 0.210. The number of rotatable bonds is 7. The van der Waals surface area contributed by atoms with Crippen LogP contribution >= 0.6 is 23.2 Å². The van der Waals surface area contributed by atoms with Crippen LogP contribution in [0.3, 0.4) is 0 Å². The summed E-state index contributed by atoms with van der Waals surface area (Å²) in [6.07, 6.45) is 5.96. The normalized spacial score (nSPS) is 19.8. The van der Waals surface area contributed by atoms with Crippen molar-refractivity contribution in [3.05, 3.63) is 129 Å². The summed E-state index contributed by atoms with van der Waals surface area (Å²) in [6.45, 7) is 16.2. The lowest BCUT2D eigenvalue weighted by Gasteiger charge is -2.41. The monoisotopic (exact) mass is 900 g/mol. The van der Waals surface area contributed by atoms with Gasteiger partial charge in [-0.1, -0.05) is 83.9 Å². The SMILES string of the molecule is CC(C)(C)OC(=O)N1CCC(N2Cc3ccccc3OC[C@@H]2Cc2ccc(Cl)cc2)CC1.CCOC(C)=O.Clc1ccc(C[C@H]2COc3ccccc3CN2C2CCNCC2)cc1. The average Bonchev–Trinajstić information content (AvgIpc) is 3.57. The predicted molar refractivity (Wildman–Crippen MR) is 252 cm³/mol. The molecule has 10 nitrogen and oxygen atoms in total. The van der Waals surface area contributed by atoms with E-state index in [1.165, 1.54) is 42.0 Å². The van der Waals surface area contributed by atoms with Gasteiger partial charge >= 0.3 is 12.1 Å². The van der Waals surface area contributed by atoms with E-state index in [4.69, 9.17) is 37.4 Å². The molecule has 0 aromatic heterocycles. The quantitative estimate of drug-likeness (QED) is 0.182. The molecule has 340 valence electrons. The molecule has 0 spiro atoms. The molecule has 2 atom stereocenters. The molecule has 0 aliphatic carbocycles. The minimum Gasteiger partial charge on any atom is -0.492 e. The highest BCUT2D eigenvalue weighted by atomic mass is 35.5. The van der Waals surface area contributed by atoms with E-state index in [2.05, 4.69) is 86.6 Å². The van der Waals surface area contributed by atoms with Gasteiger partial charge in [0.15, 0.2) is 0 Å². The number of para-hydroxylation sites is 2. The van der Waals surface area contributed by atoms with Crippen molar-refractivity contribution in [1.82, 2.24) is 20.0 Å². The Bertz CT molecular complexity index is 2030. The van der Waals surface area contributed by atoms with Crippen LogP contribution in [0.4, 0.5) is 4.79 Å². The van der Waals surface area contributed by atoms with Crippen molar-refractivity contribution in [2.24, 2.45) is 0 Å². The molecule has 4 aliphatic heterocycles. The van der Waals surface area contributed by atoms with E-state index in [0.717, 1.165) is 80.0 Å². The largest absolute Gasteiger partial charge is 0.492 e. The first-order valence-corrected chi connectivity index (χ1v) is 23.3. The zero-order valence-corrected chi connectivity index (χ0v) is 39.2. The van der Waals surface area contributed by atoms with E-state index in [-0.39, 0.29) is 18.1 Å². The molecule has 1 N–H and O–H groups in total. The summed E-state index contributed by atoms with van der Waals surface area (Å²) >= 11 is 12.1. The lowest BCUT2D eigenvalue weighted by Crippen LogP contribution is -2.51. The van der Waals surface area contributed by atoms with Gasteiger partial charge < -0.3 is 29.2 Å². The van der Waals surface area contributed by atoms with Crippen molar-refractivity contribution in [3.8, 4) is 11.5 Å². The number of benzene rings is 4. The van der Waals surface area contributed by atoms with Crippen LogP contribution in [0, 0.1) is 0 Å². The van der Waals surface area contributed by atoms with Crippen LogP contribution in [0.25, 0.3) is 0 Å². The molecule has 1 amide bonds. The summed E-state index contributed by atoms with van der Waals surface area (Å²) in [5, 5.41) is 5.04. The van der Waals surface area contributed by atoms with Crippen LogP contribution in [0.1, 0.15) is 82.6 Å². The number of carbonyl (C=O) groups excluding carboxylic acids is 2. The topological polar surface area (TPSA) is 92.8 Å². The molecular formula is C51H66Cl2N4O6. The average molecular weight is 902 g/mol. The second kappa shape index (κ2) is 23.6. The Hall–Kier alpha value is -4.32. The highest BCUT2D eigenvalue weighted by Gasteiger charge is 2.35. The number of halogens is 2. The number of fused-ring (bicyclic) bond motifs is 2. The van der Waals surface area contributed by atoms with Crippen molar-refractivity contribution in [1.29, 1.82) is 0 Å². The summed E-state index contributed by atoms with van der Waals surface area (Å²) < 4.78 is 22.4. The minimum atomic E-state index is -0.469. The van der Waals surface area contributed by atoms with E-state index in [1.807, 2.05) is 56.0 Å². The molecule has 4 aromatic carbocycles. The third-order valence-electron chi connectivity index (χ3n) is 11.9. The molecule has 63 heavy (non-hydrogen) atoms. The lowest BCUT2D eigenvalue weighted by molar-refractivity contribution is -0.140. The van der Waals surface area contributed by atoms with E-state index in [1.54, 1.807) is 6.92 Å². The first-order chi connectivity index (χ1) is 30.3. The Morgan fingerprint density at radius 3 is 1.54 bits per heavy atom. The zero-order chi connectivity index (χ0) is 44.8. The number of hydrogen-bond donors (Lipinski definition) is 1. The van der Waals surface area contributed by atoms with Gasteiger partial charge in [-0.3, -0.25) is 14.6 Å². The van der Waals surface area contributed by atoms with Crippen LogP contribution in [-0.2, 0) is 40.2 Å². The Kier molecular flexibility index (Phi) is 18.0. The first-order valence-electron chi connectivity index (χ1n) is 22.6. The van der Waals surface area contributed by atoms with Gasteiger partial charge in [0, 0.05) is 78.4 Å². The second-order valence-corrected chi connectivity index (χ2v) is 18.6. The standard InChI is InChI=1S/C26H33ClN2O3.C21H25ClN2O.C4H8O2/c1-26(2,3)32-25(30)28-14-12-22(13-15-28)29-17-20-6-4-5-7-24(20)31-18-23(29)16-19-8-10-21(27)11-9-19;22-18-7-5-16(6-8-18)13-20-15-25-21-4-2-1-3-17(21)14-24(20)19-9-11-23-12-10-19;1-3-6-4(2)5/h4-11,22-23H,12-18H2,1-3H3;1-8,19-20,23H,9-15H2;3H2,1-2H3/t23-;20-;/m00./s1.